The Hall–Kier alpha value is -2.63. The van der Waals surface area contributed by atoms with Gasteiger partial charge < -0.3 is 15.1 Å². The van der Waals surface area contributed by atoms with Gasteiger partial charge in [0.05, 0.1) is 0 Å². The van der Waals surface area contributed by atoms with Gasteiger partial charge in [-0.05, 0) is 57.0 Å². The number of carbonyl (C=O) groups is 1. The molecule has 0 spiro atoms. The molecule has 0 aliphatic carbocycles. The summed E-state index contributed by atoms with van der Waals surface area (Å²) in [5, 5.41) is 11.4. The molecule has 3 rings (SSSR count). The summed E-state index contributed by atoms with van der Waals surface area (Å²) in [7, 11) is 0. The first kappa shape index (κ1) is 18.2. The topological polar surface area (TPSA) is 61.4 Å². The van der Waals surface area contributed by atoms with Gasteiger partial charge in [0.1, 0.15) is 5.82 Å². The molecule has 138 valence electrons. The van der Waals surface area contributed by atoms with Crippen molar-refractivity contribution in [1.82, 2.24) is 15.1 Å². The fraction of sp³-hybridized carbons (Fsp3) is 0.450. The lowest BCUT2D eigenvalue weighted by Crippen LogP contribution is -2.49. The highest BCUT2D eigenvalue weighted by molar-refractivity contribution is 5.92. The molecule has 1 aliphatic heterocycles. The Balaban J connectivity index is 1.62. The number of aryl methyl sites for hydroxylation is 1. The minimum Gasteiger partial charge on any atom is -0.368 e. The predicted molar refractivity (Wildman–Crippen MR) is 105 cm³/mol. The summed E-state index contributed by atoms with van der Waals surface area (Å²) in [4.78, 5) is 16.9. The molecule has 1 N–H and O–H groups in total. The fourth-order valence-corrected chi connectivity index (χ4v) is 3.21. The first-order valence-corrected chi connectivity index (χ1v) is 9.16. The van der Waals surface area contributed by atoms with Gasteiger partial charge >= 0.3 is 0 Å². The van der Waals surface area contributed by atoms with E-state index in [1.54, 1.807) is 6.07 Å². The van der Waals surface area contributed by atoms with Crippen molar-refractivity contribution in [3.8, 4) is 0 Å². The third kappa shape index (κ3) is 3.95. The number of anilines is 2. The van der Waals surface area contributed by atoms with Crippen molar-refractivity contribution in [2.75, 3.05) is 36.4 Å². The van der Waals surface area contributed by atoms with Crippen LogP contribution in [0.2, 0.25) is 0 Å². The standard InChI is InChI=1S/C20H27N5O/c1-14(2)21-19-9-8-17(22-23-19)20(26)25-12-10-24(11-13-25)18-7-5-6-15(3)16(18)4/h5-9,14H,10-13H2,1-4H3,(H,21,23). The van der Waals surface area contributed by atoms with Gasteiger partial charge in [-0.25, -0.2) is 0 Å². The zero-order valence-corrected chi connectivity index (χ0v) is 16.0. The molecule has 0 saturated carbocycles. The van der Waals surface area contributed by atoms with Crippen LogP contribution in [0.4, 0.5) is 11.5 Å². The van der Waals surface area contributed by atoms with Gasteiger partial charge in [0.25, 0.3) is 5.91 Å². The van der Waals surface area contributed by atoms with Crippen LogP contribution in [0.3, 0.4) is 0 Å². The molecule has 26 heavy (non-hydrogen) atoms. The number of nitrogens with one attached hydrogen (secondary N) is 1. The molecule has 1 fully saturated rings. The summed E-state index contributed by atoms with van der Waals surface area (Å²) in [5.74, 6) is 0.644. The number of rotatable bonds is 4. The van der Waals surface area contributed by atoms with E-state index in [1.807, 2.05) is 24.8 Å². The van der Waals surface area contributed by atoms with Crippen LogP contribution in [-0.2, 0) is 0 Å². The van der Waals surface area contributed by atoms with Gasteiger partial charge in [0.15, 0.2) is 5.69 Å². The molecule has 6 nitrogen and oxygen atoms in total. The van der Waals surface area contributed by atoms with Gasteiger partial charge in [0, 0.05) is 37.9 Å². The number of hydrogen-bond donors (Lipinski definition) is 1. The molecule has 1 amide bonds. The van der Waals surface area contributed by atoms with Crippen LogP contribution in [0.5, 0.6) is 0 Å². The third-order valence-electron chi connectivity index (χ3n) is 4.80. The molecular formula is C20H27N5O. The maximum atomic E-state index is 12.7. The molecular weight excluding hydrogens is 326 g/mol. The van der Waals surface area contributed by atoms with Crippen LogP contribution in [0.15, 0.2) is 30.3 Å². The van der Waals surface area contributed by atoms with Crippen LogP contribution in [-0.4, -0.2) is 53.2 Å². The summed E-state index contributed by atoms with van der Waals surface area (Å²) in [5.41, 5.74) is 4.28. The normalized spacial score (nSPS) is 14.7. The van der Waals surface area contributed by atoms with E-state index < -0.39 is 0 Å². The van der Waals surface area contributed by atoms with Gasteiger partial charge in [-0.1, -0.05) is 12.1 Å². The van der Waals surface area contributed by atoms with Gasteiger partial charge in [-0.15, -0.1) is 10.2 Å². The van der Waals surface area contributed by atoms with E-state index >= 15 is 0 Å². The zero-order chi connectivity index (χ0) is 18.7. The second kappa shape index (κ2) is 7.72. The number of aromatic nitrogens is 2. The summed E-state index contributed by atoms with van der Waals surface area (Å²) in [6.07, 6.45) is 0. The molecule has 1 aromatic carbocycles. The Bertz CT molecular complexity index is 764. The highest BCUT2D eigenvalue weighted by Crippen LogP contribution is 2.24. The Labute approximate surface area is 155 Å². The van der Waals surface area contributed by atoms with Gasteiger partial charge in [0.2, 0.25) is 0 Å². The largest absolute Gasteiger partial charge is 0.368 e. The molecule has 0 atom stereocenters. The fourth-order valence-electron chi connectivity index (χ4n) is 3.21. The minimum atomic E-state index is -0.0470. The summed E-state index contributed by atoms with van der Waals surface area (Å²) >= 11 is 0. The van der Waals surface area contributed by atoms with E-state index in [4.69, 9.17) is 0 Å². The van der Waals surface area contributed by atoms with Crippen molar-refractivity contribution in [3.63, 3.8) is 0 Å². The summed E-state index contributed by atoms with van der Waals surface area (Å²) in [6, 6.07) is 10.2. The highest BCUT2D eigenvalue weighted by Gasteiger charge is 2.24. The summed E-state index contributed by atoms with van der Waals surface area (Å²) in [6.45, 7) is 11.4. The maximum absolute atomic E-state index is 12.7. The Morgan fingerprint density at radius 3 is 2.38 bits per heavy atom. The first-order chi connectivity index (χ1) is 12.5. The average Bonchev–Trinajstić information content (AvgIpc) is 2.64. The van der Waals surface area contributed by atoms with Crippen LogP contribution in [0.25, 0.3) is 0 Å². The first-order valence-electron chi connectivity index (χ1n) is 9.16. The highest BCUT2D eigenvalue weighted by atomic mass is 16.2. The molecule has 0 unspecified atom stereocenters. The van der Waals surface area contributed by atoms with Crippen molar-refractivity contribution < 1.29 is 4.79 Å². The molecule has 0 radical (unpaired) electrons. The lowest BCUT2D eigenvalue weighted by Gasteiger charge is -2.36. The monoisotopic (exact) mass is 353 g/mol. The molecule has 2 aromatic rings. The molecule has 1 aliphatic rings. The van der Waals surface area contributed by atoms with Crippen molar-refractivity contribution in [1.29, 1.82) is 0 Å². The number of nitrogens with zero attached hydrogens (tertiary/aromatic N) is 4. The van der Waals surface area contributed by atoms with E-state index in [1.165, 1.54) is 16.8 Å². The van der Waals surface area contributed by atoms with Crippen LogP contribution in [0, 0.1) is 13.8 Å². The SMILES string of the molecule is Cc1cccc(N2CCN(C(=O)c3ccc(NC(C)C)nn3)CC2)c1C. The van der Waals surface area contributed by atoms with Crippen molar-refractivity contribution >= 4 is 17.4 Å². The van der Waals surface area contributed by atoms with E-state index in [2.05, 4.69) is 52.5 Å². The van der Waals surface area contributed by atoms with Gasteiger partial charge in [-0.2, -0.15) is 0 Å². The number of amides is 1. The summed E-state index contributed by atoms with van der Waals surface area (Å²) < 4.78 is 0. The molecule has 1 saturated heterocycles. The second-order valence-electron chi connectivity index (χ2n) is 7.10. The van der Waals surface area contributed by atoms with E-state index in [0.29, 0.717) is 24.6 Å². The zero-order valence-electron chi connectivity index (χ0n) is 16.0. The lowest BCUT2D eigenvalue weighted by molar-refractivity contribution is 0.0739. The number of carbonyl (C=O) groups excluding carboxylic acids is 1. The third-order valence-corrected chi connectivity index (χ3v) is 4.80. The van der Waals surface area contributed by atoms with E-state index in [-0.39, 0.29) is 11.9 Å². The molecule has 6 heteroatoms. The van der Waals surface area contributed by atoms with Crippen LogP contribution >= 0.6 is 0 Å². The predicted octanol–water partition coefficient (Wildman–Crippen LogP) is 2.88. The van der Waals surface area contributed by atoms with Crippen LogP contribution < -0.4 is 10.2 Å². The minimum absolute atomic E-state index is 0.0470. The Morgan fingerprint density at radius 1 is 1.04 bits per heavy atom. The second-order valence-corrected chi connectivity index (χ2v) is 7.10. The number of hydrogen-bond acceptors (Lipinski definition) is 5. The lowest BCUT2D eigenvalue weighted by atomic mass is 10.1. The van der Waals surface area contributed by atoms with Crippen molar-refractivity contribution in [2.45, 2.75) is 33.7 Å². The van der Waals surface area contributed by atoms with Crippen molar-refractivity contribution in [3.05, 3.63) is 47.2 Å². The average molecular weight is 353 g/mol. The smallest absolute Gasteiger partial charge is 0.274 e. The molecule has 1 aromatic heterocycles. The molecule has 0 bridgehead atoms. The van der Waals surface area contributed by atoms with Crippen LogP contribution in [0.1, 0.15) is 35.5 Å². The Morgan fingerprint density at radius 2 is 1.77 bits per heavy atom. The van der Waals surface area contributed by atoms with E-state index in [0.717, 1.165) is 13.1 Å². The molecule has 2 heterocycles. The van der Waals surface area contributed by atoms with Crippen molar-refractivity contribution in [2.24, 2.45) is 0 Å². The van der Waals surface area contributed by atoms with E-state index in [9.17, 15) is 4.79 Å². The van der Waals surface area contributed by atoms with Gasteiger partial charge in [-0.3, -0.25) is 4.79 Å². The maximum Gasteiger partial charge on any atom is 0.274 e. The number of piperazine rings is 1. The number of benzene rings is 1. The quantitative estimate of drug-likeness (QED) is 0.916. The Kier molecular flexibility index (Phi) is 5.40.